The van der Waals surface area contributed by atoms with E-state index in [1.165, 1.54) is 25.5 Å². The molecule has 0 spiro atoms. The zero-order chi connectivity index (χ0) is 17.6. The smallest absolute Gasteiger partial charge is 0.290 e. The van der Waals surface area contributed by atoms with Crippen LogP contribution >= 0.6 is 0 Å². The highest BCUT2D eigenvalue weighted by Crippen LogP contribution is 2.26. The summed E-state index contributed by atoms with van der Waals surface area (Å²) in [5.41, 5.74) is 0. The SMILES string of the molecule is C[C@@H]1CCCC[C@@H]1OCCNC(=O)[C@H]1CCCN1C(=O)c1ccco1. The molecule has 6 nitrogen and oxygen atoms in total. The summed E-state index contributed by atoms with van der Waals surface area (Å²) in [7, 11) is 0. The summed E-state index contributed by atoms with van der Waals surface area (Å²) >= 11 is 0. The minimum Gasteiger partial charge on any atom is -0.459 e. The molecule has 25 heavy (non-hydrogen) atoms. The van der Waals surface area contributed by atoms with Gasteiger partial charge in [-0.05, 0) is 43.7 Å². The third-order valence-electron chi connectivity index (χ3n) is 5.31. The van der Waals surface area contributed by atoms with Crippen molar-refractivity contribution in [2.75, 3.05) is 19.7 Å². The van der Waals surface area contributed by atoms with Crippen molar-refractivity contribution in [3.63, 3.8) is 0 Å². The van der Waals surface area contributed by atoms with Gasteiger partial charge < -0.3 is 19.4 Å². The number of hydrogen-bond donors (Lipinski definition) is 1. The minimum absolute atomic E-state index is 0.0994. The number of likely N-dealkylation sites (tertiary alicyclic amines) is 1. The van der Waals surface area contributed by atoms with Crippen LogP contribution in [0.25, 0.3) is 0 Å². The Morgan fingerprint density at radius 2 is 2.12 bits per heavy atom. The van der Waals surface area contributed by atoms with Crippen LogP contribution in [-0.4, -0.2) is 48.6 Å². The fraction of sp³-hybridized carbons (Fsp3) is 0.684. The molecule has 6 heteroatoms. The number of carbonyl (C=O) groups is 2. The number of rotatable bonds is 6. The Hall–Kier alpha value is -1.82. The van der Waals surface area contributed by atoms with Crippen molar-refractivity contribution in [2.24, 2.45) is 5.92 Å². The number of carbonyl (C=O) groups excluding carboxylic acids is 2. The highest BCUT2D eigenvalue weighted by atomic mass is 16.5. The van der Waals surface area contributed by atoms with Gasteiger partial charge in [-0.1, -0.05) is 19.8 Å². The van der Waals surface area contributed by atoms with Crippen molar-refractivity contribution in [1.29, 1.82) is 0 Å². The Bertz CT molecular complexity index is 572. The van der Waals surface area contributed by atoms with Crippen LogP contribution in [0.15, 0.2) is 22.8 Å². The van der Waals surface area contributed by atoms with E-state index in [2.05, 4.69) is 12.2 Å². The Balaban J connectivity index is 1.43. The number of ether oxygens (including phenoxy) is 1. The van der Waals surface area contributed by atoms with Gasteiger partial charge in [-0.2, -0.15) is 0 Å². The number of hydrogen-bond acceptors (Lipinski definition) is 4. The monoisotopic (exact) mass is 348 g/mol. The van der Waals surface area contributed by atoms with Gasteiger partial charge in [0.05, 0.1) is 19.0 Å². The quantitative estimate of drug-likeness (QED) is 0.802. The number of amides is 2. The molecule has 1 aromatic rings. The predicted octanol–water partition coefficient (Wildman–Crippen LogP) is 2.60. The van der Waals surface area contributed by atoms with Crippen molar-refractivity contribution in [2.45, 2.75) is 57.6 Å². The van der Waals surface area contributed by atoms with Crippen molar-refractivity contribution in [3.8, 4) is 0 Å². The molecule has 2 fully saturated rings. The zero-order valence-electron chi connectivity index (χ0n) is 14.9. The lowest BCUT2D eigenvalue weighted by atomic mass is 9.88. The lowest BCUT2D eigenvalue weighted by Gasteiger charge is -2.29. The number of furan rings is 1. The molecule has 2 amide bonds. The molecular weight excluding hydrogens is 320 g/mol. The average Bonchev–Trinajstić information content (AvgIpc) is 3.30. The molecule has 3 atom stereocenters. The Morgan fingerprint density at radius 1 is 1.28 bits per heavy atom. The van der Waals surface area contributed by atoms with Gasteiger partial charge >= 0.3 is 0 Å². The van der Waals surface area contributed by atoms with Crippen molar-refractivity contribution in [3.05, 3.63) is 24.2 Å². The Labute approximate surface area is 148 Å². The molecular formula is C19H28N2O4. The molecule has 138 valence electrons. The van der Waals surface area contributed by atoms with Crippen LogP contribution < -0.4 is 5.32 Å². The van der Waals surface area contributed by atoms with E-state index in [0.717, 1.165) is 12.8 Å². The summed E-state index contributed by atoms with van der Waals surface area (Å²) < 4.78 is 11.1. The van der Waals surface area contributed by atoms with Crippen LogP contribution in [0.3, 0.4) is 0 Å². The standard InChI is InChI=1S/C19H28N2O4/c1-14-6-2-3-8-16(14)25-13-10-20-18(22)15-7-4-11-21(15)19(23)17-9-5-12-24-17/h5,9,12,14-16H,2-4,6-8,10-11,13H2,1H3,(H,20,22)/t14-,15-,16+/m1/s1. The average molecular weight is 348 g/mol. The molecule has 0 bridgehead atoms. The molecule has 1 N–H and O–H groups in total. The number of nitrogens with one attached hydrogen (secondary N) is 1. The summed E-state index contributed by atoms with van der Waals surface area (Å²) in [6.07, 6.45) is 8.17. The summed E-state index contributed by atoms with van der Waals surface area (Å²) in [4.78, 5) is 26.5. The largest absolute Gasteiger partial charge is 0.459 e. The van der Waals surface area contributed by atoms with Crippen molar-refractivity contribution >= 4 is 11.8 Å². The Kier molecular flexibility index (Phi) is 6.13. The summed E-state index contributed by atoms with van der Waals surface area (Å²) in [6, 6.07) is 2.91. The van der Waals surface area contributed by atoms with Crippen LogP contribution in [0.1, 0.15) is 56.0 Å². The van der Waals surface area contributed by atoms with E-state index >= 15 is 0 Å². The van der Waals surface area contributed by atoms with Crippen LogP contribution in [0.2, 0.25) is 0 Å². The van der Waals surface area contributed by atoms with Crippen LogP contribution in [-0.2, 0) is 9.53 Å². The second-order valence-corrected chi connectivity index (χ2v) is 7.10. The topological polar surface area (TPSA) is 71.8 Å². The van der Waals surface area contributed by atoms with Crippen LogP contribution in [0.5, 0.6) is 0 Å². The van der Waals surface area contributed by atoms with E-state index in [9.17, 15) is 9.59 Å². The van der Waals surface area contributed by atoms with Crippen molar-refractivity contribution in [1.82, 2.24) is 10.2 Å². The maximum atomic E-state index is 12.5. The summed E-state index contributed by atoms with van der Waals surface area (Å²) in [5, 5.41) is 2.92. The molecule has 1 aliphatic carbocycles. The first-order valence-electron chi connectivity index (χ1n) is 9.40. The van der Waals surface area contributed by atoms with Crippen LogP contribution in [0.4, 0.5) is 0 Å². The minimum atomic E-state index is -0.411. The molecule has 3 rings (SSSR count). The van der Waals surface area contributed by atoms with Crippen molar-refractivity contribution < 1.29 is 18.7 Å². The van der Waals surface area contributed by atoms with Gasteiger partial charge in [0.25, 0.3) is 5.91 Å². The maximum Gasteiger partial charge on any atom is 0.290 e. The van der Waals surface area contributed by atoms with Gasteiger partial charge in [0, 0.05) is 13.1 Å². The summed E-state index contributed by atoms with van der Waals surface area (Å²) in [6.45, 7) is 3.84. The fourth-order valence-corrected chi connectivity index (χ4v) is 3.86. The summed E-state index contributed by atoms with van der Waals surface area (Å²) in [5.74, 6) is 0.572. The molecule has 2 heterocycles. The van der Waals surface area contributed by atoms with E-state index in [1.54, 1.807) is 17.0 Å². The first-order valence-corrected chi connectivity index (χ1v) is 9.40. The second kappa shape index (κ2) is 8.52. The highest BCUT2D eigenvalue weighted by Gasteiger charge is 2.35. The highest BCUT2D eigenvalue weighted by molar-refractivity contribution is 5.95. The Morgan fingerprint density at radius 3 is 2.88 bits per heavy atom. The van der Waals surface area contributed by atoms with Crippen LogP contribution in [0, 0.1) is 5.92 Å². The van der Waals surface area contributed by atoms with E-state index < -0.39 is 6.04 Å². The predicted molar refractivity (Wildman–Crippen MR) is 93.1 cm³/mol. The van der Waals surface area contributed by atoms with Gasteiger partial charge in [0.1, 0.15) is 6.04 Å². The third-order valence-corrected chi connectivity index (χ3v) is 5.31. The van der Waals surface area contributed by atoms with Gasteiger partial charge in [-0.15, -0.1) is 0 Å². The molecule has 0 aromatic carbocycles. The first kappa shape index (κ1) is 18.0. The third kappa shape index (κ3) is 4.42. The van der Waals surface area contributed by atoms with E-state index in [0.29, 0.717) is 38.1 Å². The fourth-order valence-electron chi connectivity index (χ4n) is 3.86. The molecule has 1 aliphatic heterocycles. The second-order valence-electron chi connectivity index (χ2n) is 7.10. The van der Waals surface area contributed by atoms with Gasteiger partial charge in [-0.25, -0.2) is 0 Å². The first-order chi connectivity index (χ1) is 12.2. The molecule has 1 aromatic heterocycles. The normalized spacial score (nSPS) is 26.6. The molecule has 2 aliphatic rings. The molecule has 0 radical (unpaired) electrons. The van der Waals surface area contributed by atoms with Gasteiger partial charge in [-0.3, -0.25) is 9.59 Å². The lowest BCUT2D eigenvalue weighted by Crippen LogP contribution is -2.46. The van der Waals surface area contributed by atoms with E-state index in [4.69, 9.17) is 9.15 Å². The van der Waals surface area contributed by atoms with E-state index in [1.807, 2.05) is 0 Å². The molecule has 0 unspecified atom stereocenters. The molecule has 1 saturated heterocycles. The number of nitrogens with zero attached hydrogens (tertiary/aromatic N) is 1. The maximum absolute atomic E-state index is 12.5. The van der Waals surface area contributed by atoms with Gasteiger partial charge in [0.15, 0.2) is 5.76 Å². The van der Waals surface area contributed by atoms with E-state index in [-0.39, 0.29) is 17.6 Å². The lowest BCUT2D eigenvalue weighted by molar-refractivity contribution is -0.125. The molecule has 1 saturated carbocycles. The van der Waals surface area contributed by atoms with Gasteiger partial charge in [0.2, 0.25) is 5.91 Å². The zero-order valence-corrected chi connectivity index (χ0v) is 14.9.